The predicted octanol–water partition coefficient (Wildman–Crippen LogP) is 2.25. The highest BCUT2D eigenvalue weighted by Crippen LogP contribution is 2.27. The lowest BCUT2D eigenvalue weighted by Gasteiger charge is -2.07. The number of benzene rings is 1. The second-order valence-electron chi connectivity index (χ2n) is 3.74. The molecule has 2 aromatic rings. The predicted molar refractivity (Wildman–Crippen MR) is 71.4 cm³/mol. The van der Waals surface area contributed by atoms with Crippen molar-refractivity contribution in [3.8, 4) is 11.5 Å². The van der Waals surface area contributed by atoms with Crippen LogP contribution in [0.2, 0.25) is 0 Å². The molecule has 0 fully saturated rings. The van der Waals surface area contributed by atoms with Crippen LogP contribution in [0.4, 0.5) is 0 Å². The normalized spacial score (nSPS) is 10.6. The molecule has 0 spiro atoms. The molecule has 5 nitrogen and oxygen atoms in total. The van der Waals surface area contributed by atoms with Crippen LogP contribution in [0.25, 0.3) is 6.08 Å². The lowest BCUT2D eigenvalue weighted by atomic mass is 10.2. The van der Waals surface area contributed by atoms with Crippen LogP contribution < -0.4 is 9.47 Å². The van der Waals surface area contributed by atoms with Crippen LogP contribution in [0.15, 0.2) is 42.7 Å². The highest BCUT2D eigenvalue weighted by Gasteiger charge is 2.03. The Morgan fingerprint density at radius 2 is 2.05 bits per heavy atom. The number of ether oxygens (including phenoxy) is 2. The Balaban J connectivity index is 2.17. The molecular weight excluding hydrogens is 244 g/mol. The number of hydrogen-bond donors (Lipinski definition) is 0. The molecule has 0 atom stereocenters. The summed E-state index contributed by atoms with van der Waals surface area (Å²) in [5.74, 6) is 1.06. The first kappa shape index (κ1) is 12.9. The van der Waals surface area contributed by atoms with Crippen molar-refractivity contribution in [2.45, 2.75) is 0 Å². The van der Waals surface area contributed by atoms with Crippen LogP contribution in [0.5, 0.6) is 11.5 Å². The lowest BCUT2D eigenvalue weighted by molar-refractivity contribution is 0.0955. The number of methoxy groups -OCH3 is 2. The lowest BCUT2D eigenvalue weighted by Crippen LogP contribution is -2.06. The van der Waals surface area contributed by atoms with Crippen LogP contribution >= 0.6 is 0 Å². The first-order chi connectivity index (χ1) is 9.24. The molecule has 0 radical (unpaired) electrons. The molecular formula is C14H14N2O3. The van der Waals surface area contributed by atoms with Gasteiger partial charge in [0.05, 0.1) is 14.2 Å². The molecule has 0 amide bonds. The molecule has 98 valence electrons. The number of allylic oxidation sites excluding steroid dienone is 1. The van der Waals surface area contributed by atoms with E-state index in [0.29, 0.717) is 11.5 Å². The van der Waals surface area contributed by atoms with Gasteiger partial charge in [-0.05, 0) is 29.8 Å². The summed E-state index contributed by atoms with van der Waals surface area (Å²) in [6.45, 7) is 0. The van der Waals surface area contributed by atoms with E-state index < -0.39 is 0 Å². The first-order valence-corrected chi connectivity index (χ1v) is 5.68. The minimum atomic E-state index is -0.209. The fourth-order valence-corrected chi connectivity index (χ4v) is 1.60. The second-order valence-corrected chi connectivity index (χ2v) is 3.74. The van der Waals surface area contributed by atoms with Gasteiger partial charge in [0.1, 0.15) is 0 Å². The van der Waals surface area contributed by atoms with Gasteiger partial charge in [-0.15, -0.1) is 0 Å². The zero-order valence-electron chi connectivity index (χ0n) is 10.7. The van der Waals surface area contributed by atoms with Gasteiger partial charge in [0.25, 0.3) is 5.91 Å². The minimum Gasteiger partial charge on any atom is -0.493 e. The quantitative estimate of drug-likeness (QED) is 0.789. The van der Waals surface area contributed by atoms with Gasteiger partial charge < -0.3 is 9.47 Å². The summed E-state index contributed by atoms with van der Waals surface area (Å²) in [6.07, 6.45) is 6.31. The van der Waals surface area contributed by atoms with E-state index in [1.165, 1.54) is 10.8 Å². The number of carbonyl (C=O) groups excluding carboxylic acids is 1. The van der Waals surface area contributed by atoms with Crippen molar-refractivity contribution < 1.29 is 14.3 Å². The van der Waals surface area contributed by atoms with E-state index in [4.69, 9.17) is 9.47 Å². The Morgan fingerprint density at radius 1 is 1.26 bits per heavy atom. The summed E-state index contributed by atoms with van der Waals surface area (Å²) in [4.78, 5) is 11.7. The highest BCUT2D eigenvalue weighted by atomic mass is 16.5. The smallest absolute Gasteiger partial charge is 0.270 e. The number of nitrogens with zero attached hydrogens (tertiary/aromatic N) is 2. The molecule has 19 heavy (non-hydrogen) atoms. The maximum absolute atomic E-state index is 11.7. The van der Waals surface area contributed by atoms with Gasteiger partial charge in [-0.3, -0.25) is 4.79 Å². The van der Waals surface area contributed by atoms with Crippen molar-refractivity contribution in [1.29, 1.82) is 0 Å². The Kier molecular flexibility index (Phi) is 3.97. The monoisotopic (exact) mass is 258 g/mol. The van der Waals surface area contributed by atoms with E-state index in [2.05, 4.69) is 5.10 Å². The van der Waals surface area contributed by atoms with Gasteiger partial charge in [-0.25, -0.2) is 4.68 Å². The summed E-state index contributed by atoms with van der Waals surface area (Å²) >= 11 is 0. The molecule has 1 aromatic heterocycles. The van der Waals surface area contributed by atoms with Crippen molar-refractivity contribution >= 4 is 12.0 Å². The van der Waals surface area contributed by atoms with Gasteiger partial charge in [-0.2, -0.15) is 5.10 Å². The Morgan fingerprint density at radius 3 is 2.68 bits per heavy atom. The first-order valence-electron chi connectivity index (χ1n) is 5.68. The van der Waals surface area contributed by atoms with E-state index in [1.54, 1.807) is 50.9 Å². The molecule has 2 rings (SSSR count). The second kappa shape index (κ2) is 5.86. The van der Waals surface area contributed by atoms with Gasteiger partial charge in [0, 0.05) is 18.5 Å². The van der Waals surface area contributed by atoms with Crippen LogP contribution in [0.3, 0.4) is 0 Å². The van der Waals surface area contributed by atoms with Crippen LogP contribution in [0.1, 0.15) is 10.4 Å². The third-order valence-corrected chi connectivity index (χ3v) is 2.56. The third kappa shape index (κ3) is 3.01. The molecule has 1 heterocycles. The van der Waals surface area contributed by atoms with Crippen molar-refractivity contribution in [1.82, 2.24) is 9.78 Å². The molecule has 0 saturated carbocycles. The molecule has 5 heteroatoms. The standard InChI is InChI=1S/C14H14N2O3/c1-18-12-6-4-11(10-13(12)19-2)5-7-14(17)16-9-3-8-15-16/h3-10H,1-2H3/b7-5-. The van der Waals surface area contributed by atoms with Crippen molar-refractivity contribution in [2.75, 3.05) is 14.2 Å². The van der Waals surface area contributed by atoms with Crippen LogP contribution in [-0.4, -0.2) is 29.9 Å². The molecule has 0 bridgehead atoms. The summed E-state index contributed by atoms with van der Waals surface area (Å²) in [6, 6.07) is 7.12. The fraction of sp³-hybridized carbons (Fsp3) is 0.143. The van der Waals surface area contributed by atoms with Crippen LogP contribution in [0, 0.1) is 0 Å². The zero-order valence-corrected chi connectivity index (χ0v) is 10.7. The van der Waals surface area contributed by atoms with Crippen LogP contribution in [-0.2, 0) is 0 Å². The van der Waals surface area contributed by atoms with E-state index in [0.717, 1.165) is 5.56 Å². The van der Waals surface area contributed by atoms with E-state index in [1.807, 2.05) is 6.07 Å². The van der Waals surface area contributed by atoms with Gasteiger partial charge in [0.2, 0.25) is 0 Å². The van der Waals surface area contributed by atoms with E-state index >= 15 is 0 Å². The average molecular weight is 258 g/mol. The molecule has 0 aliphatic heterocycles. The fourth-order valence-electron chi connectivity index (χ4n) is 1.60. The largest absolute Gasteiger partial charge is 0.493 e. The average Bonchev–Trinajstić information content (AvgIpc) is 2.98. The van der Waals surface area contributed by atoms with Gasteiger partial charge in [0.15, 0.2) is 11.5 Å². The Bertz CT molecular complexity index is 589. The van der Waals surface area contributed by atoms with Crippen molar-refractivity contribution in [2.24, 2.45) is 0 Å². The number of hydrogen-bond acceptors (Lipinski definition) is 4. The molecule has 0 N–H and O–H groups in total. The zero-order chi connectivity index (χ0) is 13.7. The maximum atomic E-state index is 11.7. The summed E-state index contributed by atoms with van der Waals surface area (Å²) in [5, 5.41) is 3.86. The van der Waals surface area contributed by atoms with E-state index in [9.17, 15) is 4.79 Å². The molecule has 0 aliphatic carbocycles. The molecule has 0 unspecified atom stereocenters. The maximum Gasteiger partial charge on any atom is 0.270 e. The highest BCUT2D eigenvalue weighted by molar-refractivity contribution is 5.93. The van der Waals surface area contributed by atoms with E-state index in [-0.39, 0.29) is 5.91 Å². The summed E-state index contributed by atoms with van der Waals surface area (Å²) < 4.78 is 11.6. The van der Waals surface area contributed by atoms with Crippen molar-refractivity contribution in [3.63, 3.8) is 0 Å². The SMILES string of the molecule is COc1ccc(/C=C\C(=O)n2cccn2)cc1OC. The number of aromatic nitrogens is 2. The Labute approximate surface area is 111 Å². The Hall–Kier alpha value is -2.56. The van der Waals surface area contributed by atoms with Crippen molar-refractivity contribution in [3.05, 3.63) is 48.3 Å². The summed E-state index contributed by atoms with van der Waals surface area (Å²) in [5.41, 5.74) is 0.846. The topological polar surface area (TPSA) is 53.4 Å². The molecule has 1 aromatic carbocycles. The van der Waals surface area contributed by atoms with Gasteiger partial charge >= 0.3 is 0 Å². The minimum absolute atomic E-state index is 0.209. The molecule has 0 aliphatic rings. The third-order valence-electron chi connectivity index (χ3n) is 2.56. The number of carbonyl (C=O) groups is 1. The molecule has 0 saturated heterocycles. The van der Waals surface area contributed by atoms with Gasteiger partial charge in [-0.1, -0.05) is 6.07 Å². The summed E-state index contributed by atoms with van der Waals surface area (Å²) in [7, 11) is 3.15. The number of rotatable bonds is 4.